The highest BCUT2D eigenvalue weighted by Gasteiger charge is 2.23. The topological polar surface area (TPSA) is 36.4 Å². The Morgan fingerprint density at radius 1 is 1.35 bits per heavy atom. The lowest BCUT2D eigenvalue weighted by Crippen LogP contribution is -2.38. The number of rotatable bonds is 2. The van der Waals surface area contributed by atoms with Crippen LogP contribution in [-0.2, 0) is 0 Å². The van der Waals surface area contributed by atoms with Crippen LogP contribution in [0, 0.1) is 11.8 Å². The van der Waals surface area contributed by atoms with Crippen molar-refractivity contribution in [2.45, 2.75) is 33.3 Å². The normalized spacial score (nSPS) is 26.9. The smallest absolute Gasteiger partial charge is 0.128 e. The Labute approximate surface area is 103 Å². The molecule has 0 amide bonds. The van der Waals surface area contributed by atoms with E-state index in [1.807, 2.05) is 12.1 Å². The van der Waals surface area contributed by atoms with Gasteiger partial charge in [-0.2, -0.15) is 0 Å². The molecule has 0 aliphatic carbocycles. The van der Waals surface area contributed by atoms with Crippen LogP contribution in [0.15, 0.2) is 18.3 Å². The van der Waals surface area contributed by atoms with Crippen LogP contribution >= 0.6 is 0 Å². The summed E-state index contributed by atoms with van der Waals surface area (Å²) in [6.07, 6.45) is 2.58. The lowest BCUT2D eigenvalue weighted by atomic mass is 9.89. The van der Waals surface area contributed by atoms with Gasteiger partial charge in [0, 0.05) is 19.3 Å². The molecule has 0 radical (unpaired) electrons. The van der Waals surface area contributed by atoms with E-state index in [0.717, 1.165) is 36.3 Å². The molecule has 94 valence electrons. The SMILES string of the molecule is CC1CCN(c2ccc([C@@H](C)O)cn2)CC1C. The van der Waals surface area contributed by atoms with Gasteiger partial charge >= 0.3 is 0 Å². The van der Waals surface area contributed by atoms with Crippen molar-refractivity contribution < 1.29 is 5.11 Å². The van der Waals surface area contributed by atoms with Crippen LogP contribution in [0.2, 0.25) is 0 Å². The highest BCUT2D eigenvalue weighted by molar-refractivity contribution is 5.40. The molecule has 2 heterocycles. The second kappa shape index (κ2) is 5.05. The van der Waals surface area contributed by atoms with Crippen molar-refractivity contribution in [2.24, 2.45) is 11.8 Å². The summed E-state index contributed by atoms with van der Waals surface area (Å²) in [6.45, 7) is 8.57. The molecule has 3 atom stereocenters. The van der Waals surface area contributed by atoms with E-state index >= 15 is 0 Å². The first-order valence-electron chi connectivity index (χ1n) is 6.47. The van der Waals surface area contributed by atoms with E-state index < -0.39 is 6.10 Å². The van der Waals surface area contributed by atoms with Gasteiger partial charge in [-0.1, -0.05) is 19.9 Å². The number of aromatic nitrogens is 1. The van der Waals surface area contributed by atoms with E-state index in [-0.39, 0.29) is 0 Å². The standard InChI is InChI=1S/C14H22N2O/c1-10-6-7-16(9-11(10)2)14-5-4-13(8-15-14)12(3)17/h4-5,8,10-12,17H,6-7,9H2,1-3H3/t10?,11?,12-/m1/s1. The van der Waals surface area contributed by atoms with Crippen molar-refractivity contribution in [1.82, 2.24) is 4.98 Å². The van der Waals surface area contributed by atoms with E-state index in [9.17, 15) is 5.11 Å². The van der Waals surface area contributed by atoms with Crippen LogP contribution in [0.3, 0.4) is 0 Å². The van der Waals surface area contributed by atoms with Crippen molar-refractivity contribution in [1.29, 1.82) is 0 Å². The molecule has 17 heavy (non-hydrogen) atoms. The second-order valence-electron chi connectivity index (χ2n) is 5.31. The molecular weight excluding hydrogens is 212 g/mol. The third kappa shape index (κ3) is 2.78. The summed E-state index contributed by atoms with van der Waals surface area (Å²) in [5, 5.41) is 9.45. The average molecular weight is 234 g/mol. The fraction of sp³-hybridized carbons (Fsp3) is 0.643. The predicted molar refractivity (Wildman–Crippen MR) is 70.0 cm³/mol. The highest BCUT2D eigenvalue weighted by Crippen LogP contribution is 2.26. The van der Waals surface area contributed by atoms with Gasteiger partial charge in [0.2, 0.25) is 0 Å². The number of piperidine rings is 1. The maximum Gasteiger partial charge on any atom is 0.128 e. The molecule has 1 aliphatic rings. The van der Waals surface area contributed by atoms with Crippen LogP contribution in [0.5, 0.6) is 0 Å². The number of anilines is 1. The Hall–Kier alpha value is -1.09. The molecular formula is C14H22N2O. The lowest BCUT2D eigenvalue weighted by molar-refractivity contribution is 0.199. The van der Waals surface area contributed by atoms with Crippen molar-refractivity contribution in [3.05, 3.63) is 23.9 Å². The summed E-state index contributed by atoms with van der Waals surface area (Å²) >= 11 is 0. The molecule has 0 saturated carbocycles. The monoisotopic (exact) mass is 234 g/mol. The average Bonchev–Trinajstić information content (AvgIpc) is 2.33. The fourth-order valence-corrected chi connectivity index (χ4v) is 2.30. The number of aliphatic hydroxyl groups is 1. The van der Waals surface area contributed by atoms with E-state index in [0.29, 0.717) is 0 Å². The molecule has 1 saturated heterocycles. The molecule has 2 rings (SSSR count). The van der Waals surface area contributed by atoms with Gasteiger partial charge in [0.05, 0.1) is 6.10 Å². The molecule has 3 heteroatoms. The summed E-state index contributed by atoms with van der Waals surface area (Å²) in [5.41, 5.74) is 0.882. The summed E-state index contributed by atoms with van der Waals surface area (Å²) in [7, 11) is 0. The van der Waals surface area contributed by atoms with Gasteiger partial charge in [-0.05, 0) is 36.8 Å². The predicted octanol–water partition coefficient (Wildman–Crippen LogP) is 2.62. The van der Waals surface area contributed by atoms with E-state index in [1.54, 1.807) is 13.1 Å². The Kier molecular flexibility index (Phi) is 3.67. The molecule has 0 aromatic carbocycles. The lowest BCUT2D eigenvalue weighted by Gasteiger charge is -2.36. The van der Waals surface area contributed by atoms with Gasteiger partial charge in [-0.3, -0.25) is 0 Å². The minimum absolute atomic E-state index is 0.433. The molecule has 1 aromatic heterocycles. The number of aliphatic hydroxyl groups excluding tert-OH is 1. The van der Waals surface area contributed by atoms with E-state index in [2.05, 4.69) is 23.7 Å². The number of hydrogen-bond acceptors (Lipinski definition) is 3. The number of pyridine rings is 1. The molecule has 2 unspecified atom stereocenters. The van der Waals surface area contributed by atoms with Crippen molar-refractivity contribution in [3.63, 3.8) is 0 Å². The van der Waals surface area contributed by atoms with Gasteiger partial charge in [0.1, 0.15) is 5.82 Å². The van der Waals surface area contributed by atoms with Crippen LogP contribution in [0.25, 0.3) is 0 Å². The largest absolute Gasteiger partial charge is 0.389 e. The summed E-state index contributed by atoms with van der Waals surface area (Å²) in [6, 6.07) is 3.99. The third-order valence-corrected chi connectivity index (χ3v) is 3.91. The number of nitrogens with zero attached hydrogens (tertiary/aromatic N) is 2. The molecule has 0 spiro atoms. The highest BCUT2D eigenvalue weighted by atomic mass is 16.3. The quantitative estimate of drug-likeness (QED) is 0.854. The first-order chi connectivity index (χ1) is 8.08. The summed E-state index contributed by atoms with van der Waals surface area (Å²) < 4.78 is 0. The Bertz CT molecular complexity index is 361. The van der Waals surface area contributed by atoms with Crippen LogP contribution in [0.4, 0.5) is 5.82 Å². The van der Waals surface area contributed by atoms with Crippen molar-refractivity contribution in [3.8, 4) is 0 Å². The zero-order valence-electron chi connectivity index (χ0n) is 10.9. The van der Waals surface area contributed by atoms with Gasteiger partial charge in [0.15, 0.2) is 0 Å². The second-order valence-corrected chi connectivity index (χ2v) is 5.31. The van der Waals surface area contributed by atoms with E-state index in [4.69, 9.17) is 0 Å². The summed E-state index contributed by atoms with van der Waals surface area (Å²) in [5.74, 6) is 2.57. The third-order valence-electron chi connectivity index (χ3n) is 3.91. The molecule has 1 fully saturated rings. The Morgan fingerprint density at radius 2 is 2.12 bits per heavy atom. The zero-order chi connectivity index (χ0) is 12.4. The summed E-state index contributed by atoms with van der Waals surface area (Å²) in [4.78, 5) is 6.79. The maximum absolute atomic E-state index is 9.45. The first-order valence-corrected chi connectivity index (χ1v) is 6.47. The molecule has 3 nitrogen and oxygen atoms in total. The van der Waals surface area contributed by atoms with Gasteiger partial charge < -0.3 is 10.0 Å². The molecule has 1 N–H and O–H groups in total. The zero-order valence-corrected chi connectivity index (χ0v) is 10.9. The van der Waals surface area contributed by atoms with Gasteiger partial charge in [-0.25, -0.2) is 4.98 Å². The van der Waals surface area contributed by atoms with Crippen LogP contribution < -0.4 is 4.90 Å². The molecule has 0 bridgehead atoms. The molecule has 1 aliphatic heterocycles. The van der Waals surface area contributed by atoms with Gasteiger partial charge in [-0.15, -0.1) is 0 Å². The van der Waals surface area contributed by atoms with Crippen LogP contribution in [-0.4, -0.2) is 23.2 Å². The van der Waals surface area contributed by atoms with E-state index in [1.165, 1.54) is 6.42 Å². The first kappa shape index (κ1) is 12.4. The fourth-order valence-electron chi connectivity index (χ4n) is 2.30. The Balaban J connectivity index is 2.07. The molecule has 1 aromatic rings. The Morgan fingerprint density at radius 3 is 2.65 bits per heavy atom. The van der Waals surface area contributed by atoms with Gasteiger partial charge in [0.25, 0.3) is 0 Å². The minimum Gasteiger partial charge on any atom is -0.389 e. The maximum atomic E-state index is 9.45. The van der Waals surface area contributed by atoms with Crippen LogP contribution in [0.1, 0.15) is 38.9 Å². The minimum atomic E-state index is -0.433. The van der Waals surface area contributed by atoms with Crippen molar-refractivity contribution in [2.75, 3.05) is 18.0 Å². The van der Waals surface area contributed by atoms with Crippen molar-refractivity contribution >= 4 is 5.82 Å². The number of hydrogen-bond donors (Lipinski definition) is 1.